The first-order valence-electron chi connectivity index (χ1n) is 8.48. The Bertz CT molecular complexity index is 859. The predicted molar refractivity (Wildman–Crippen MR) is 87.4 cm³/mol. The number of carbonyl (C=O) groups excluding carboxylic acids is 3. The van der Waals surface area contributed by atoms with Gasteiger partial charge in [0.25, 0.3) is 0 Å². The van der Waals surface area contributed by atoms with Gasteiger partial charge in [0, 0.05) is 12.1 Å². The van der Waals surface area contributed by atoms with E-state index in [1.165, 1.54) is 12.1 Å². The lowest BCUT2D eigenvalue weighted by Crippen LogP contribution is -2.41. The van der Waals surface area contributed by atoms with Gasteiger partial charge in [-0.25, -0.2) is 4.39 Å². The van der Waals surface area contributed by atoms with Crippen molar-refractivity contribution in [2.75, 3.05) is 6.54 Å². The molecule has 2 aliphatic carbocycles. The van der Waals surface area contributed by atoms with Crippen molar-refractivity contribution in [3.8, 4) is 6.07 Å². The lowest BCUT2D eigenvalue weighted by atomic mass is 9.85. The van der Waals surface area contributed by atoms with Gasteiger partial charge in [0.2, 0.25) is 17.7 Å². The molecule has 1 saturated carbocycles. The summed E-state index contributed by atoms with van der Waals surface area (Å²) in [6, 6.07) is 5.82. The quantitative estimate of drug-likeness (QED) is 0.649. The summed E-state index contributed by atoms with van der Waals surface area (Å²) in [7, 11) is 0. The Morgan fingerprint density at radius 1 is 1.23 bits per heavy atom. The molecule has 1 heterocycles. The number of fused-ring (bicyclic) bond motifs is 5. The normalized spacial score (nSPS) is 28.4. The molecule has 0 aromatic heterocycles. The van der Waals surface area contributed by atoms with Crippen LogP contribution in [0.2, 0.25) is 0 Å². The van der Waals surface area contributed by atoms with Crippen molar-refractivity contribution >= 4 is 17.7 Å². The van der Waals surface area contributed by atoms with E-state index in [2.05, 4.69) is 5.32 Å². The number of hydrogen-bond donors (Lipinski definition) is 1. The molecule has 2 fully saturated rings. The third-order valence-corrected chi connectivity index (χ3v) is 5.52. The van der Waals surface area contributed by atoms with E-state index in [-0.39, 0.29) is 59.7 Å². The zero-order chi connectivity index (χ0) is 18.4. The minimum Gasteiger partial charge on any atom is -0.350 e. The van der Waals surface area contributed by atoms with Crippen LogP contribution >= 0.6 is 0 Å². The number of halogens is 1. The van der Waals surface area contributed by atoms with Gasteiger partial charge < -0.3 is 5.32 Å². The van der Waals surface area contributed by atoms with Crippen LogP contribution in [0, 0.1) is 40.8 Å². The molecular weight excluding hydrogens is 337 g/mol. The van der Waals surface area contributed by atoms with Crippen LogP contribution in [-0.2, 0) is 20.9 Å². The van der Waals surface area contributed by atoms with Crippen LogP contribution < -0.4 is 5.32 Å². The number of hydrogen-bond acceptors (Lipinski definition) is 4. The van der Waals surface area contributed by atoms with E-state index in [1.54, 1.807) is 0 Å². The largest absolute Gasteiger partial charge is 0.350 e. The summed E-state index contributed by atoms with van der Waals surface area (Å²) < 4.78 is 13.8. The van der Waals surface area contributed by atoms with Crippen LogP contribution in [0.25, 0.3) is 0 Å². The zero-order valence-electron chi connectivity index (χ0n) is 13.8. The molecule has 1 aliphatic heterocycles. The topological polar surface area (TPSA) is 90.3 Å². The van der Waals surface area contributed by atoms with Gasteiger partial charge in [0.15, 0.2) is 0 Å². The number of allylic oxidation sites excluding steroid dienone is 2. The number of amides is 3. The smallest absolute Gasteiger partial charge is 0.240 e. The monoisotopic (exact) mass is 353 g/mol. The summed E-state index contributed by atoms with van der Waals surface area (Å²) in [5, 5.41) is 11.3. The fourth-order valence-corrected chi connectivity index (χ4v) is 4.27. The summed E-state index contributed by atoms with van der Waals surface area (Å²) in [6.07, 6.45) is 4.83. The molecule has 26 heavy (non-hydrogen) atoms. The minimum atomic E-state index is -0.588. The van der Waals surface area contributed by atoms with Crippen LogP contribution in [0.3, 0.4) is 0 Å². The summed E-state index contributed by atoms with van der Waals surface area (Å²) in [6.45, 7) is -0.422. The van der Waals surface area contributed by atoms with Gasteiger partial charge in [-0.1, -0.05) is 18.2 Å². The Kier molecular flexibility index (Phi) is 3.83. The average Bonchev–Trinajstić information content (AvgIpc) is 3.30. The van der Waals surface area contributed by atoms with Gasteiger partial charge in [-0.2, -0.15) is 5.26 Å². The standard InChI is InChI=1S/C19H16FN3O3/c20-14-5-10(7-21)1-2-13(14)8-22-15(24)9-23-18(25)16-11-3-4-12(6-11)17(16)19(23)26/h1-5,11-12,16-17H,6,8-9H2,(H,22,24)/t11-,12-,16-,17+/m0/s1. The Balaban J connectivity index is 1.38. The van der Waals surface area contributed by atoms with Gasteiger partial charge in [-0.05, 0) is 30.4 Å². The molecular formula is C19H16FN3O3. The fraction of sp³-hybridized carbons (Fsp3) is 0.368. The summed E-state index contributed by atoms with van der Waals surface area (Å²) in [5.74, 6) is -2.13. The van der Waals surface area contributed by atoms with Gasteiger partial charge in [-0.3, -0.25) is 19.3 Å². The van der Waals surface area contributed by atoms with Crippen molar-refractivity contribution in [2.45, 2.75) is 13.0 Å². The molecule has 4 rings (SSSR count). The fourth-order valence-electron chi connectivity index (χ4n) is 4.27. The number of nitrogens with one attached hydrogen (secondary N) is 1. The van der Waals surface area contributed by atoms with E-state index >= 15 is 0 Å². The van der Waals surface area contributed by atoms with Crippen molar-refractivity contribution in [1.29, 1.82) is 5.26 Å². The lowest BCUT2D eigenvalue weighted by Gasteiger charge is -2.17. The molecule has 0 spiro atoms. The number of rotatable bonds is 4. The second kappa shape index (κ2) is 6.06. The number of likely N-dealkylation sites (tertiary alicyclic amines) is 1. The van der Waals surface area contributed by atoms with Crippen LogP contribution in [0.1, 0.15) is 17.5 Å². The average molecular weight is 353 g/mol. The molecule has 1 N–H and O–H groups in total. The second-order valence-corrected chi connectivity index (χ2v) is 6.96. The van der Waals surface area contributed by atoms with Crippen LogP contribution in [-0.4, -0.2) is 29.2 Å². The molecule has 4 atom stereocenters. The first-order chi connectivity index (χ1) is 12.5. The first-order valence-corrected chi connectivity index (χ1v) is 8.48. The van der Waals surface area contributed by atoms with E-state index in [9.17, 15) is 18.8 Å². The maximum absolute atomic E-state index is 13.8. The van der Waals surface area contributed by atoms with Crippen molar-refractivity contribution in [2.24, 2.45) is 23.7 Å². The highest BCUT2D eigenvalue weighted by molar-refractivity contribution is 6.08. The van der Waals surface area contributed by atoms with E-state index in [1.807, 2.05) is 18.2 Å². The molecule has 1 aromatic rings. The van der Waals surface area contributed by atoms with Gasteiger partial charge in [-0.15, -0.1) is 0 Å². The third-order valence-electron chi connectivity index (χ3n) is 5.52. The third kappa shape index (κ3) is 2.49. The van der Waals surface area contributed by atoms with E-state index in [0.29, 0.717) is 0 Å². The number of benzene rings is 1. The predicted octanol–water partition coefficient (Wildman–Crippen LogP) is 1.12. The van der Waals surface area contributed by atoms with E-state index < -0.39 is 11.7 Å². The maximum atomic E-state index is 13.8. The molecule has 3 amide bonds. The van der Waals surface area contributed by atoms with Crippen molar-refractivity contribution in [3.05, 3.63) is 47.3 Å². The maximum Gasteiger partial charge on any atom is 0.240 e. The molecule has 132 valence electrons. The lowest BCUT2D eigenvalue weighted by molar-refractivity contribution is -0.144. The SMILES string of the molecule is N#Cc1ccc(CNC(=O)CN2C(=O)[C@@H]3[C@H](C2=O)[C@H]2C=C[C@H]3C2)c(F)c1. The molecule has 0 radical (unpaired) electrons. The minimum absolute atomic E-state index is 0.0771. The molecule has 2 bridgehead atoms. The van der Waals surface area contributed by atoms with Crippen LogP contribution in [0.4, 0.5) is 4.39 Å². The molecule has 1 saturated heterocycles. The Hall–Kier alpha value is -3.01. The Morgan fingerprint density at radius 3 is 2.46 bits per heavy atom. The van der Waals surface area contributed by atoms with Crippen molar-refractivity contribution < 1.29 is 18.8 Å². The van der Waals surface area contributed by atoms with Crippen molar-refractivity contribution in [3.63, 3.8) is 0 Å². The number of nitriles is 1. The molecule has 6 nitrogen and oxygen atoms in total. The molecule has 3 aliphatic rings. The Labute approximate surface area is 149 Å². The molecule has 7 heteroatoms. The molecule has 0 unspecified atom stereocenters. The van der Waals surface area contributed by atoms with Crippen molar-refractivity contribution in [1.82, 2.24) is 10.2 Å². The van der Waals surface area contributed by atoms with Gasteiger partial charge in [0.05, 0.1) is 23.5 Å². The number of carbonyl (C=O) groups is 3. The van der Waals surface area contributed by atoms with E-state index in [4.69, 9.17) is 5.26 Å². The highest BCUT2D eigenvalue weighted by Gasteiger charge is 2.59. The van der Waals surface area contributed by atoms with Crippen LogP contribution in [0.15, 0.2) is 30.4 Å². The Morgan fingerprint density at radius 2 is 1.88 bits per heavy atom. The summed E-state index contributed by atoms with van der Waals surface area (Å²) >= 11 is 0. The van der Waals surface area contributed by atoms with Gasteiger partial charge >= 0.3 is 0 Å². The second-order valence-electron chi connectivity index (χ2n) is 6.96. The number of imide groups is 1. The highest BCUT2D eigenvalue weighted by atomic mass is 19.1. The number of nitrogens with zero attached hydrogens (tertiary/aromatic N) is 2. The summed E-state index contributed by atoms with van der Waals surface area (Å²) in [4.78, 5) is 38.2. The zero-order valence-corrected chi connectivity index (χ0v) is 13.8. The highest BCUT2D eigenvalue weighted by Crippen LogP contribution is 2.52. The molecule has 1 aromatic carbocycles. The first kappa shape index (κ1) is 16.5. The van der Waals surface area contributed by atoms with E-state index in [0.717, 1.165) is 17.4 Å². The summed E-state index contributed by atoms with van der Waals surface area (Å²) in [5.41, 5.74) is 0.427. The van der Waals surface area contributed by atoms with Crippen LogP contribution in [0.5, 0.6) is 0 Å². The van der Waals surface area contributed by atoms with Gasteiger partial charge in [0.1, 0.15) is 12.4 Å².